The SMILES string of the molecule is O=S(=O)(c1cccc(F)c1)n1cc(C2=CCNCC2)c2ncccc21. The van der Waals surface area contributed by atoms with E-state index in [-0.39, 0.29) is 4.90 Å². The van der Waals surface area contributed by atoms with E-state index in [0.717, 1.165) is 36.7 Å². The molecule has 3 heterocycles. The molecule has 0 spiro atoms. The first-order valence-corrected chi connectivity index (χ1v) is 9.39. The molecule has 2 aromatic heterocycles. The summed E-state index contributed by atoms with van der Waals surface area (Å²) in [6, 6.07) is 8.44. The third kappa shape index (κ3) is 2.75. The molecule has 0 amide bonds. The second-order valence-corrected chi connectivity index (χ2v) is 7.67. The maximum Gasteiger partial charge on any atom is 0.268 e. The summed E-state index contributed by atoms with van der Waals surface area (Å²) >= 11 is 0. The smallest absolute Gasteiger partial charge is 0.268 e. The number of rotatable bonds is 3. The summed E-state index contributed by atoms with van der Waals surface area (Å²) in [4.78, 5) is 4.30. The van der Waals surface area contributed by atoms with E-state index in [0.29, 0.717) is 11.0 Å². The highest BCUT2D eigenvalue weighted by molar-refractivity contribution is 7.90. The minimum atomic E-state index is -3.91. The molecule has 1 N–H and O–H groups in total. The van der Waals surface area contributed by atoms with Crippen LogP contribution in [0.4, 0.5) is 4.39 Å². The molecule has 1 aliphatic heterocycles. The van der Waals surface area contributed by atoms with Crippen molar-refractivity contribution in [3.05, 3.63) is 66.2 Å². The predicted octanol–water partition coefficient (Wildman–Crippen LogP) is 2.79. The van der Waals surface area contributed by atoms with Gasteiger partial charge in [-0.2, -0.15) is 0 Å². The highest BCUT2D eigenvalue weighted by atomic mass is 32.2. The van der Waals surface area contributed by atoms with Crippen molar-refractivity contribution in [1.29, 1.82) is 0 Å². The molecule has 1 aliphatic rings. The van der Waals surface area contributed by atoms with Crippen LogP contribution >= 0.6 is 0 Å². The summed E-state index contributed by atoms with van der Waals surface area (Å²) in [7, 11) is -3.91. The molecule has 0 radical (unpaired) electrons. The van der Waals surface area contributed by atoms with E-state index in [1.807, 2.05) is 6.08 Å². The zero-order valence-corrected chi connectivity index (χ0v) is 14.1. The van der Waals surface area contributed by atoms with E-state index in [1.54, 1.807) is 24.5 Å². The zero-order chi connectivity index (χ0) is 17.4. The average Bonchev–Trinajstić information content (AvgIpc) is 3.03. The fourth-order valence-electron chi connectivity index (χ4n) is 3.07. The molecule has 0 atom stereocenters. The van der Waals surface area contributed by atoms with E-state index in [1.165, 1.54) is 22.2 Å². The maximum atomic E-state index is 13.5. The fourth-order valence-corrected chi connectivity index (χ4v) is 4.46. The predicted molar refractivity (Wildman–Crippen MR) is 94.2 cm³/mol. The van der Waals surface area contributed by atoms with Gasteiger partial charge < -0.3 is 5.32 Å². The minimum Gasteiger partial charge on any atom is -0.313 e. The summed E-state index contributed by atoms with van der Waals surface area (Å²) in [5.41, 5.74) is 2.99. The van der Waals surface area contributed by atoms with Crippen molar-refractivity contribution in [2.45, 2.75) is 11.3 Å². The van der Waals surface area contributed by atoms with Crippen LogP contribution in [0.1, 0.15) is 12.0 Å². The lowest BCUT2D eigenvalue weighted by molar-refractivity contribution is 0.584. The minimum absolute atomic E-state index is 0.0842. The molecule has 0 saturated heterocycles. The van der Waals surface area contributed by atoms with Gasteiger partial charge in [-0.25, -0.2) is 16.8 Å². The standard InChI is InChI=1S/C18H16FN3O2S/c19-14-3-1-4-15(11-14)25(23,24)22-12-16(13-6-9-20-10-7-13)18-17(22)5-2-8-21-18/h1-6,8,11-12,20H,7,9-10H2. The van der Waals surface area contributed by atoms with Crippen molar-refractivity contribution in [1.82, 2.24) is 14.3 Å². The Balaban J connectivity index is 1.95. The lowest BCUT2D eigenvalue weighted by Crippen LogP contribution is -2.20. The highest BCUT2D eigenvalue weighted by Gasteiger charge is 2.23. The normalized spacial score (nSPS) is 15.3. The fraction of sp³-hybridized carbons (Fsp3) is 0.167. The Morgan fingerprint density at radius 3 is 2.84 bits per heavy atom. The van der Waals surface area contributed by atoms with Gasteiger partial charge in [0.15, 0.2) is 0 Å². The maximum absolute atomic E-state index is 13.5. The number of nitrogens with zero attached hydrogens (tertiary/aromatic N) is 2. The molecule has 25 heavy (non-hydrogen) atoms. The first-order valence-electron chi connectivity index (χ1n) is 7.95. The highest BCUT2D eigenvalue weighted by Crippen LogP contribution is 2.31. The molecule has 4 rings (SSSR count). The molecule has 0 aliphatic carbocycles. The molecule has 5 nitrogen and oxygen atoms in total. The van der Waals surface area contributed by atoms with Crippen molar-refractivity contribution in [2.24, 2.45) is 0 Å². The van der Waals surface area contributed by atoms with Gasteiger partial charge in [-0.05, 0) is 48.9 Å². The zero-order valence-electron chi connectivity index (χ0n) is 13.3. The van der Waals surface area contributed by atoms with Gasteiger partial charge in [0.2, 0.25) is 0 Å². The van der Waals surface area contributed by atoms with Crippen molar-refractivity contribution in [3.63, 3.8) is 0 Å². The third-order valence-corrected chi connectivity index (χ3v) is 5.96. The molecule has 0 unspecified atom stereocenters. The van der Waals surface area contributed by atoms with Crippen molar-refractivity contribution >= 4 is 26.6 Å². The van der Waals surface area contributed by atoms with Crippen LogP contribution in [0.2, 0.25) is 0 Å². The van der Waals surface area contributed by atoms with Gasteiger partial charge in [0.05, 0.1) is 15.9 Å². The van der Waals surface area contributed by atoms with Crippen molar-refractivity contribution in [3.8, 4) is 0 Å². The van der Waals surface area contributed by atoms with Crippen LogP contribution in [-0.4, -0.2) is 30.5 Å². The van der Waals surface area contributed by atoms with Crippen LogP contribution < -0.4 is 5.32 Å². The van der Waals surface area contributed by atoms with E-state index >= 15 is 0 Å². The molecular formula is C18H16FN3O2S. The second kappa shape index (κ2) is 6.09. The van der Waals surface area contributed by atoms with E-state index in [4.69, 9.17) is 0 Å². The lowest BCUT2D eigenvalue weighted by atomic mass is 10.0. The first kappa shape index (κ1) is 16.0. The summed E-state index contributed by atoms with van der Waals surface area (Å²) < 4.78 is 40.8. The Kier molecular flexibility index (Phi) is 3.89. The molecule has 0 bridgehead atoms. The van der Waals surface area contributed by atoms with Crippen LogP contribution in [0.3, 0.4) is 0 Å². The molecular weight excluding hydrogens is 341 g/mol. The van der Waals surface area contributed by atoms with Crippen LogP contribution in [0.15, 0.2) is 59.8 Å². The molecule has 0 saturated carbocycles. The first-order chi connectivity index (χ1) is 12.1. The Hall–Kier alpha value is -2.51. The Morgan fingerprint density at radius 1 is 1.20 bits per heavy atom. The largest absolute Gasteiger partial charge is 0.313 e. The monoisotopic (exact) mass is 357 g/mol. The third-order valence-electron chi connectivity index (χ3n) is 4.29. The van der Waals surface area contributed by atoms with Crippen LogP contribution in [-0.2, 0) is 10.0 Å². The van der Waals surface area contributed by atoms with Crippen LogP contribution in [0.25, 0.3) is 16.6 Å². The number of aromatic nitrogens is 2. The topological polar surface area (TPSA) is 64.0 Å². The average molecular weight is 357 g/mol. The summed E-state index contributed by atoms with van der Waals surface area (Å²) in [5.74, 6) is -0.586. The van der Waals surface area contributed by atoms with Gasteiger partial charge in [0, 0.05) is 24.5 Å². The van der Waals surface area contributed by atoms with E-state index < -0.39 is 15.8 Å². The Labute approximate surface area is 144 Å². The number of halogens is 1. The molecule has 1 aromatic carbocycles. The molecule has 7 heteroatoms. The number of hydrogen-bond acceptors (Lipinski definition) is 4. The van der Waals surface area contributed by atoms with Gasteiger partial charge in [-0.15, -0.1) is 0 Å². The summed E-state index contributed by atoms with van der Waals surface area (Å²) in [5, 5.41) is 3.24. The van der Waals surface area contributed by atoms with Crippen molar-refractivity contribution in [2.75, 3.05) is 13.1 Å². The number of benzene rings is 1. The van der Waals surface area contributed by atoms with Gasteiger partial charge in [-0.1, -0.05) is 12.1 Å². The van der Waals surface area contributed by atoms with Crippen LogP contribution in [0, 0.1) is 5.82 Å². The Bertz CT molecular complexity index is 1090. The summed E-state index contributed by atoms with van der Waals surface area (Å²) in [6.45, 7) is 1.58. The van der Waals surface area contributed by atoms with Gasteiger partial charge in [0.1, 0.15) is 5.82 Å². The number of hydrogen-bond donors (Lipinski definition) is 1. The number of fused-ring (bicyclic) bond motifs is 1. The van der Waals surface area contributed by atoms with Gasteiger partial charge >= 0.3 is 0 Å². The van der Waals surface area contributed by atoms with E-state index in [2.05, 4.69) is 10.3 Å². The molecule has 128 valence electrons. The number of pyridine rings is 1. The van der Waals surface area contributed by atoms with Crippen LogP contribution in [0.5, 0.6) is 0 Å². The van der Waals surface area contributed by atoms with E-state index in [9.17, 15) is 12.8 Å². The van der Waals surface area contributed by atoms with Gasteiger partial charge in [0.25, 0.3) is 10.0 Å². The van der Waals surface area contributed by atoms with Gasteiger partial charge in [-0.3, -0.25) is 4.98 Å². The second-order valence-electron chi connectivity index (χ2n) is 5.86. The summed E-state index contributed by atoms with van der Waals surface area (Å²) in [6.07, 6.45) is 6.09. The number of nitrogens with one attached hydrogen (secondary N) is 1. The van der Waals surface area contributed by atoms with Crippen molar-refractivity contribution < 1.29 is 12.8 Å². The molecule has 3 aromatic rings. The Morgan fingerprint density at radius 2 is 2.08 bits per heavy atom. The lowest BCUT2D eigenvalue weighted by Gasteiger charge is -2.12. The molecule has 0 fully saturated rings. The quantitative estimate of drug-likeness (QED) is 0.783.